The van der Waals surface area contributed by atoms with E-state index in [4.69, 9.17) is 5.11 Å². The van der Waals surface area contributed by atoms with Crippen LogP contribution in [0.25, 0.3) is 0 Å². The molecule has 1 fully saturated rings. The summed E-state index contributed by atoms with van der Waals surface area (Å²) in [5, 5.41) is 8.70. The van der Waals surface area contributed by atoms with Crippen LogP contribution in [0.15, 0.2) is 0 Å². The summed E-state index contributed by atoms with van der Waals surface area (Å²) in [4.78, 5) is 32.9. The van der Waals surface area contributed by atoms with Crippen molar-refractivity contribution in [3.63, 3.8) is 0 Å². The van der Waals surface area contributed by atoms with Crippen LogP contribution in [0.1, 0.15) is 26.7 Å². The standard InChI is InChI=1S/C10H14O5/c1-5(8(11)12)3-7-4-6(2)9(13)15-10(7)14/h5-7H,3-4H2,1-2H3,(H,11,12). The van der Waals surface area contributed by atoms with Gasteiger partial charge >= 0.3 is 17.9 Å². The van der Waals surface area contributed by atoms with E-state index in [1.54, 1.807) is 6.92 Å². The van der Waals surface area contributed by atoms with Gasteiger partial charge in [0.05, 0.1) is 17.8 Å². The first-order valence-electron chi connectivity index (χ1n) is 4.90. The summed E-state index contributed by atoms with van der Waals surface area (Å²) in [6, 6.07) is 0. The number of carbonyl (C=O) groups is 3. The topological polar surface area (TPSA) is 80.7 Å². The average Bonchev–Trinajstić information content (AvgIpc) is 2.13. The molecule has 0 amide bonds. The van der Waals surface area contributed by atoms with Crippen LogP contribution < -0.4 is 0 Å². The molecule has 3 unspecified atom stereocenters. The zero-order valence-electron chi connectivity index (χ0n) is 8.73. The molecule has 0 aliphatic carbocycles. The molecule has 84 valence electrons. The first kappa shape index (κ1) is 11.7. The summed E-state index contributed by atoms with van der Waals surface area (Å²) in [6.45, 7) is 3.21. The molecular formula is C10H14O5. The molecule has 5 nitrogen and oxygen atoms in total. The van der Waals surface area contributed by atoms with E-state index in [1.165, 1.54) is 6.92 Å². The smallest absolute Gasteiger partial charge is 0.316 e. The second-order valence-electron chi connectivity index (χ2n) is 4.05. The fourth-order valence-corrected chi connectivity index (χ4v) is 1.62. The molecule has 5 heteroatoms. The molecule has 0 radical (unpaired) electrons. The Balaban J connectivity index is 2.59. The van der Waals surface area contributed by atoms with E-state index < -0.39 is 29.7 Å². The molecule has 1 aliphatic rings. The quantitative estimate of drug-likeness (QED) is 0.555. The van der Waals surface area contributed by atoms with Gasteiger partial charge in [0, 0.05) is 0 Å². The normalized spacial score (nSPS) is 28.4. The zero-order valence-corrected chi connectivity index (χ0v) is 8.73. The number of rotatable bonds is 3. The zero-order chi connectivity index (χ0) is 11.6. The lowest BCUT2D eigenvalue weighted by Gasteiger charge is -2.24. The Morgan fingerprint density at radius 2 is 2.13 bits per heavy atom. The third kappa shape index (κ3) is 2.78. The molecule has 0 aromatic carbocycles. The number of carbonyl (C=O) groups excluding carboxylic acids is 2. The van der Waals surface area contributed by atoms with Crippen molar-refractivity contribution in [3.05, 3.63) is 0 Å². The van der Waals surface area contributed by atoms with Gasteiger partial charge in [-0.15, -0.1) is 0 Å². The molecule has 1 rings (SSSR count). The summed E-state index contributed by atoms with van der Waals surface area (Å²) in [5.41, 5.74) is 0. The van der Waals surface area contributed by atoms with Crippen LogP contribution in [-0.4, -0.2) is 23.0 Å². The van der Waals surface area contributed by atoms with Crippen molar-refractivity contribution < 1.29 is 24.2 Å². The highest BCUT2D eigenvalue weighted by Gasteiger charge is 2.35. The lowest BCUT2D eigenvalue weighted by molar-refractivity contribution is -0.172. The van der Waals surface area contributed by atoms with E-state index in [-0.39, 0.29) is 12.3 Å². The monoisotopic (exact) mass is 214 g/mol. The van der Waals surface area contributed by atoms with Crippen molar-refractivity contribution in [2.45, 2.75) is 26.7 Å². The van der Waals surface area contributed by atoms with Gasteiger partial charge in [-0.1, -0.05) is 13.8 Å². The molecule has 1 heterocycles. The molecular weight excluding hydrogens is 200 g/mol. The average molecular weight is 214 g/mol. The van der Waals surface area contributed by atoms with Crippen molar-refractivity contribution >= 4 is 17.9 Å². The highest BCUT2D eigenvalue weighted by molar-refractivity contribution is 5.90. The van der Waals surface area contributed by atoms with Gasteiger partial charge in [0.15, 0.2) is 0 Å². The minimum atomic E-state index is -0.938. The molecule has 1 N–H and O–H groups in total. The Labute approximate surface area is 87.4 Å². The van der Waals surface area contributed by atoms with E-state index in [9.17, 15) is 14.4 Å². The lowest BCUT2D eigenvalue weighted by atomic mass is 9.86. The third-order valence-corrected chi connectivity index (χ3v) is 2.63. The maximum absolute atomic E-state index is 11.3. The van der Waals surface area contributed by atoms with E-state index in [1.807, 2.05) is 0 Å². The summed E-state index contributed by atoms with van der Waals surface area (Å²) in [6.07, 6.45) is 0.612. The first-order valence-corrected chi connectivity index (χ1v) is 4.90. The number of esters is 2. The Kier molecular flexibility index (Phi) is 3.44. The van der Waals surface area contributed by atoms with Crippen LogP contribution in [0.4, 0.5) is 0 Å². The van der Waals surface area contributed by atoms with Crippen LogP contribution in [0, 0.1) is 17.8 Å². The van der Waals surface area contributed by atoms with Gasteiger partial charge in [-0.3, -0.25) is 14.4 Å². The fourth-order valence-electron chi connectivity index (χ4n) is 1.62. The molecule has 0 bridgehead atoms. The van der Waals surface area contributed by atoms with Crippen LogP contribution in [-0.2, 0) is 19.1 Å². The number of ether oxygens (including phenoxy) is 1. The molecule has 0 aromatic rings. The van der Waals surface area contributed by atoms with Crippen molar-refractivity contribution in [1.29, 1.82) is 0 Å². The third-order valence-electron chi connectivity index (χ3n) is 2.63. The van der Waals surface area contributed by atoms with E-state index >= 15 is 0 Å². The van der Waals surface area contributed by atoms with Crippen molar-refractivity contribution in [2.75, 3.05) is 0 Å². The maximum atomic E-state index is 11.3. The Morgan fingerprint density at radius 1 is 1.53 bits per heavy atom. The molecule has 0 aromatic heterocycles. The van der Waals surface area contributed by atoms with Crippen LogP contribution in [0.3, 0.4) is 0 Å². The van der Waals surface area contributed by atoms with Gasteiger partial charge in [0.2, 0.25) is 0 Å². The minimum Gasteiger partial charge on any atom is -0.481 e. The molecule has 0 saturated carbocycles. The Morgan fingerprint density at radius 3 is 2.67 bits per heavy atom. The van der Waals surface area contributed by atoms with Gasteiger partial charge in [0.25, 0.3) is 0 Å². The van der Waals surface area contributed by atoms with Gasteiger partial charge in [0.1, 0.15) is 0 Å². The summed E-state index contributed by atoms with van der Waals surface area (Å²) < 4.78 is 4.52. The predicted octanol–water partition coefficient (Wildman–Crippen LogP) is 0.823. The van der Waals surface area contributed by atoms with Gasteiger partial charge in [-0.2, -0.15) is 0 Å². The maximum Gasteiger partial charge on any atom is 0.316 e. The number of aliphatic carboxylic acids is 1. The van der Waals surface area contributed by atoms with Crippen molar-refractivity contribution in [1.82, 2.24) is 0 Å². The van der Waals surface area contributed by atoms with E-state index in [2.05, 4.69) is 4.74 Å². The van der Waals surface area contributed by atoms with Gasteiger partial charge in [-0.25, -0.2) is 0 Å². The van der Waals surface area contributed by atoms with Crippen LogP contribution in [0.2, 0.25) is 0 Å². The summed E-state index contributed by atoms with van der Waals surface area (Å²) in [7, 11) is 0. The summed E-state index contributed by atoms with van der Waals surface area (Å²) >= 11 is 0. The number of hydrogen-bond acceptors (Lipinski definition) is 4. The largest absolute Gasteiger partial charge is 0.481 e. The molecule has 1 aliphatic heterocycles. The van der Waals surface area contributed by atoms with Gasteiger partial charge < -0.3 is 9.84 Å². The highest BCUT2D eigenvalue weighted by atomic mass is 16.6. The van der Waals surface area contributed by atoms with E-state index in [0.717, 1.165) is 0 Å². The van der Waals surface area contributed by atoms with Crippen molar-refractivity contribution in [3.8, 4) is 0 Å². The Hall–Kier alpha value is -1.39. The number of carboxylic acid groups (broad SMARTS) is 1. The molecule has 15 heavy (non-hydrogen) atoms. The molecule has 1 saturated heterocycles. The second-order valence-corrected chi connectivity index (χ2v) is 4.05. The Bertz CT molecular complexity index is 296. The number of cyclic esters (lactones) is 2. The highest BCUT2D eigenvalue weighted by Crippen LogP contribution is 2.27. The first-order chi connectivity index (χ1) is 6.91. The van der Waals surface area contributed by atoms with Crippen LogP contribution in [0.5, 0.6) is 0 Å². The number of carboxylic acids is 1. The van der Waals surface area contributed by atoms with Gasteiger partial charge in [-0.05, 0) is 12.8 Å². The number of hydrogen-bond donors (Lipinski definition) is 1. The summed E-state index contributed by atoms with van der Waals surface area (Å²) in [5.74, 6) is -3.43. The lowest BCUT2D eigenvalue weighted by Crippen LogP contribution is -2.35. The molecule has 0 spiro atoms. The van der Waals surface area contributed by atoms with Crippen LogP contribution >= 0.6 is 0 Å². The van der Waals surface area contributed by atoms with E-state index in [0.29, 0.717) is 6.42 Å². The minimum absolute atomic E-state index is 0.228. The SMILES string of the molecule is CC(CC1CC(C)C(=O)OC1=O)C(=O)O. The predicted molar refractivity (Wildman–Crippen MR) is 49.8 cm³/mol. The molecule has 3 atom stereocenters. The fraction of sp³-hybridized carbons (Fsp3) is 0.700. The second kappa shape index (κ2) is 4.42. The van der Waals surface area contributed by atoms with Crippen molar-refractivity contribution in [2.24, 2.45) is 17.8 Å².